The summed E-state index contributed by atoms with van der Waals surface area (Å²) in [5.41, 5.74) is 4.26. The highest BCUT2D eigenvalue weighted by Gasteiger charge is 2.20. The van der Waals surface area contributed by atoms with Crippen LogP contribution in [0, 0.1) is 0 Å². The molecule has 1 heterocycles. The van der Waals surface area contributed by atoms with E-state index < -0.39 is 0 Å². The molecule has 2 aromatic rings. The van der Waals surface area contributed by atoms with Gasteiger partial charge in [0.15, 0.2) is 0 Å². The van der Waals surface area contributed by atoms with Crippen molar-refractivity contribution < 1.29 is 14.3 Å². The van der Waals surface area contributed by atoms with Gasteiger partial charge in [0.25, 0.3) is 0 Å². The first kappa shape index (κ1) is 16.0. The summed E-state index contributed by atoms with van der Waals surface area (Å²) in [6.45, 7) is 4.55. The summed E-state index contributed by atoms with van der Waals surface area (Å²) in [5, 5.41) is 2.79. The summed E-state index contributed by atoms with van der Waals surface area (Å²) in [7, 11) is 0. The molecule has 1 aliphatic rings. The Morgan fingerprint density at radius 3 is 2.62 bits per heavy atom. The topological polar surface area (TPSA) is 55.4 Å². The van der Waals surface area contributed by atoms with Gasteiger partial charge in [-0.1, -0.05) is 38.1 Å². The number of rotatable bonds is 4. The van der Waals surface area contributed by atoms with Gasteiger partial charge in [0.05, 0.1) is 5.56 Å². The number of amides is 1. The molecule has 0 fully saturated rings. The van der Waals surface area contributed by atoms with Crippen LogP contribution in [0.3, 0.4) is 0 Å². The molecular weight excluding hydrogens is 302 g/mol. The minimum absolute atomic E-state index is 0.215. The van der Waals surface area contributed by atoms with Crippen LogP contribution < -0.4 is 5.32 Å². The Morgan fingerprint density at radius 2 is 1.92 bits per heavy atom. The molecule has 1 N–H and O–H groups in total. The SMILES string of the molecule is CC(C)c1ccc(/C=C/C(=O)Nc2ccc3c(c2)COC3=O)cc1. The van der Waals surface area contributed by atoms with E-state index in [-0.39, 0.29) is 18.5 Å². The van der Waals surface area contributed by atoms with E-state index in [1.54, 1.807) is 24.3 Å². The smallest absolute Gasteiger partial charge is 0.338 e. The van der Waals surface area contributed by atoms with E-state index >= 15 is 0 Å². The summed E-state index contributed by atoms with van der Waals surface area (Å²) >= 11 is 0. The van der Waals surface area contributed by atoms with Gasteiger partial charge in [0.1, 0.15) is 6.61 Å². The standard InChI is InChI=1S/C20H19NO3/c1-13(2)15-6-3-14(4-7-15)5-10-19(22)21-17-8-9-18-16(11-17)12-24-20(18)23/h3-11,13H,12H2,1-2H3,(H,21,22)/b10-5+. The third-order valence-electron chi connectivity index (χ3n) is 3.98. The molecule has 0 aromatic heterocycles. The third kappa shape index (κ3) is 3.54. The lowest BCUT2D eigenvalue weighted by molar-refractivity contribution is -0.111. The van der Waals surface area contributed by atoms with Gasteiger partial charge in [0, 0.05) is 17.3 Å². The van der Waals surface area contributed by atoms with Crippen LogP contribution >= 0.6 is 0 Å². The van der Waals surface area contributed by atoms with Crippen molar-refractivity contribution >= 4 is 23.6 Å². The van der Waals surface area contributed by atoms with Gasteiger partial charge in [-0.2, -0.15) is 0 Å². The molecule has 4 nitrogen and oxygen atoms in total. The highest BCUT2D eigenvalue weighted by Crippen LogP contribution is 2.23. The Balaban J connectivity index is 1.64. The van der Waals surface area contributed by atoms with Gasteiger partial charge < -0.3 is 10.1 Å². The summed E-state index contributed by atoms with van der Waals surface area (Å²) in [6, 6.07) is 13.3. The molecule has 0 radical (unpaired) electrons. The monoisotopic (exact) mass is 321 g/mol. The highest BCUT2D eigenvalue weighted by atomic mass is 16.5. The number of hydrogen-bond acceptors (Lipinski definition) is 3. The molecule has 3 rings (SSSR count). The minimum atomic E-state index is -0.312. The number of carbonyl (C=O) groups excluding carboxylic acids is 2. The second kappa shape index (κ2) is 6.71. The van der Waals surface area contributed by atoms with Crippen molar-refractivity contribution in [3.63, 3.8) is 0 Å². The molecule has 1 aliphatic heterocycles. The molecule has 0 atom stereocenters. The Kier molecular flexibility index (Phi) is 4.47. The van der Waals surface area contributed by atoms with Gasteiger partial charge in [-0.25, -0.2) is 4.79 Å². The van der Waals surface area contributed by atoms with Crippen molar-refractivity contribution in [1.29, 1.82) is 0 Å². The van der Waals surface area contributed by atoms with Crippen LogP contribution in [-0.2, 0) is 16.1 Å². The summed E-state index contributed by atoms with van der Waals surface area (Å²) in [4.78, 5) is 23.4. The predicted octanol–water partition coefficient (Wildman–Crippen LogP) is 4.13. The molecule has 0 spiro atoms. The lowest BCUT2D eigenvalue weighted by atomic mass is 10.0. The lowest BCUT2D eigenvalue weighted by Gasteiger charge is -2.05. The Hall–Kier alpha value is -2.88. The van der Waals surface area contributed by atoms with Crippen LogP contribution in [0.1, 0.15) is 46.8 Å². The Bertz CT molecular complexity index is 804. The first-order valence-corrected chi connectivity index (χ1v) is 7.92. The van der Waals surface area contributed by atoms with Gasteiger partial charge in [0.2, 0.25) is 5.91 Å². The summed E-state index contributed by atoms with van der Waals surface area (Å²) < 4.78 is 4.95. The molecule has 0 unspecified atom stereocenters. The number of fused-ring (bicyclic) bond motifs is 1. The number of carbonyl (C=O) groups is 2. The van der Waals surface area contributed by atoms with E-state index in [0.29, 0.717) is 17.2 Å². The fourth-order valence-electron chi connectivity index (χ4n) is 2.56. The van der Waals surface area contributed by atoms with Crippen LogP contribution in [0.25, 0.3) is 6.08 Å². The number of cyclic esters (lactones) is 1. The normalized spacial score (nSPS) is 13.2. The van der Waals surface area contributed by atoms with Crippen molar-refractivity contribution in [3.05, 3.63) is 70.8 Å². The zero-order valence-electron chi connectivity index (χ0n) is 13.7. The van der Waals surface area contributed by atoms with Crippen LogP contribution in [0.4, 0.5) is 5.69 Å². The zero-order valence-corrected chi connectivity index (χ0v) is 13.7. The molecule has 0 aliphatic carbocycles. The van der Waals surface area contributed by atoms with E-state index in [4.69, 9.17) is 4.74 Å². The molecule has 0 bridgehead atoms. The number of ether oxygens (including phenoxy) is 1. The van der Waals surface area contributed by atoms with Crippen LogP contribution in [0.15, 0.2) is 48.5 Å². The van der Waals surface area contributed by atoms with Crippen LogP contribution in [-0.4, -0.2) is 11.9 Å². The third-order valence-corrected chi connectivity index (χ3v) is 3.98. The van der Waals surface area contributed by atoms with E-state index in [0.717, 1.165) is 11.1 Å². The minimum Gasteiger partial charge on any atom is -0.457 e. The molecule has 0 saturated carbocycles. The molecule has 1 amide bonds. The van der Waals surface area contributed by atoms with Gasteiger partial charge in [-0.05, 0) is 41.3 Å². The van der Waals surface area contributed by atoms with E-state index in [2.05, 4.69) is 31.3 Å². The molecule has 2 aromatic carbocycles. The van der Waals surface area contributed by atoms with Gasteiger partial charge >= 0.3 is 5.97 Å². The Labute approximate surface area is 141 Å². The maximum Gasteiger partial charge on any atom is 0.338 e. The summed E-state index contributed by atoms with van der Waals surface area (Å²) in [6.07, 6.45) is 3.28. The van der Waals surface area contributed by atoms with Gasteiger partial charge in [-0.3, -0.25) is 4.79 Å². The van der Waals surface area contributed by atoms with E-state index in [9.17, 15) is 9.59 Å². The fraction of sp³-hybridized carbons (Fsp3) is 0.200. The first-order chi connectivity index (χ1) is 11.5. The predicted molar refractivity (Wildman–Crippen MR) is 93.8 cm³/mol. The lowest BCUT2D eigenvalue weighted by Crippen LogP contribution is -2.08. The average Bonchev–Trinajstić information content (AvgIpc) is 2.94. The highest BCUT2D eigenvalue weighted by molar-refractivity contribution is 6.02. The number of anilines is 1. The molecule has 24 heavy (non-hydrogen) atoms. The van der Waals surface area contributed by atoms with Crippen molar-refractivity contribution in [2.45, 2.75) is 26.4 Å². The van der Waals surface area contributed by atoms with Gasteiger partial charge in [-0.15, -0.1) is 0 Å². The second-order valence-corrected chi connectivity index (χ2v) is 6.09. The first-order valence-electron chi connectivity index (χ1n) is 7.92. The van der Waals surface area contributed by atoms with Crippen molar-refractivity contribution in [1.82, 2.24) is 0 Å². The van der Waals surface area contributed by atoms with Crippen molar-refractivity contribution in [3.8, 4) is 0 Å². The number of esters is 1. The van der Waals surface area contributed by atoms with Crippen LogP contribution in [0.5, 0.6) is 0 Å². The number of benzene rings is 2. The number of hydrogen-bond donors (Lipinski definition) is 1. The number of nitrogens with one attached hydrogen (secondary N) is 1. The summed E-state index contributed by atoms with van der Waals surface area (Å²) in [5.74, 6) is -0.0391. The largest absolute Gasteiger partial charge is 0.457 e. The van der Waals surface area contributed by atoms with Crippen molar-refractivity contribution in [2.75, 3.05) is 5.32 Å². The fourth-order valence-corrected chi connectivity index (χ4v) is 2.56. The molecular formula is C20H19NO3. The second-order valence-electron chi connectivity index (χ2n) is 6.09. The van der Waals surface area contributed by atoms with E-state index in [1.807, 2.05) is 12.1 Å². The maximum atomic E-state index is 12.0. The zero-order chi connectivity index (χ0) is 17.1. The molecule has 0 saturated heterocycles. The molecule has 122 valence electrons. The van der Waals surface area contributed by atoms with Crippen LogP contribution in [0.2, 0.25) is 0 Å². The van der Waals surface area contributed by atoms with E-state index in [1.165, 1.54) is 11.6 Å². The average molecular weight is 321 g/mol. The quantitative estimate of drug-likeness (QED) is 0.680. The van der Waals surface area contributed by atoms with Crippen molar-refractivity contribution in [2.24, 2.45) is 0 Å². The molecule has 4 heteroatoms. The maximum absolute atomic E-state index is 12.0. The Morgan fingerprint density at radius 1 is 1.17 bits per heavy atom.